The highest BCUT2D eigenvalue weighted by Gasteiger charge is 1.99. The summed E-state index contributed by atoms with van der Waals surface area (Å²) in [5.41, 5.74) is 10.5. The topological polar surface area (TPSA) is 77.8 Å². The van der Waals surface area contributed by atoms with Crippen molar-refractivity contribution < 1.29 is 10.6 Å². The molecule has 0 aliphatic carbocycles. The van der Waals surface area contributed by atoms with Crippen LogP contribution in [0.1, 0.15) is 23.1 Å². The fraction of sp³-hybridized carbons (Fsp3) is 0.385. The van der Waals surface area contributed by atoms with Gasteiger partial charge in [-0.25, -0.2) is 0 Å². The molecule has 3 nitrogen and oxygen atoms in total. The summed E-state index contributed by atoms with van der Waals surface area (Å²) < 4.78 is 0. The van der Waals surface area contributed by atoms with Gasteiger partial charge in [0.1, 0.15) is 0 Å². The number of aliphatic hydroxyl groups excluding tert-OH is 1. The lowest BCUT2D eigenvalue weighted by atomic mass is 10.0. The van der Waals surface area contributed by atoms with Gasteiger partial charge < -0.3 is 16.3 Å². The van der Waals surface area contributed by atoms with E-state index in [-0.39, 0.29) is 12.1 Å². The summed E-state index contributed by atoms with van der Waals surface area (Å²) in [6, 6.07) is 6.22. The number of benzene rings is 1. The fourth-order valence-corrected chi connectivity index (χ4v) is 1.53. The molecule has 3 heteroatoms. The Morgan fingerprint density at radius 2 is 2.06 bits per heavy atom. The van der Waals surface area contributed by atoms with E-state index in [2.05, 4.69) is 32.1 Å². The number of aryl methyl sites for hydroxylation is 1. The summed E-state index contributed by atoms with van der Waals surface area (Å²) in [4.78, 5) is 0. The summed E-state index contributed by atoms with van der Waals surface area (Å²) >= 11 is 0. The van der Waals surface area contributed by atoms with E-state index in [1.54, 1.807) is 0 Å². The van der Waals surface area contributed by atoms with Crippen molar-refractivity contribution in [2.75, 3.05) is 13.2 Å². The maximum Gasteiger partial charge on any atom is 0.0468 e. The summed E-state index contributed by atoms with van der Waals surface area (Å²) in [5.74, 6) is 0. The Labute approximate surface area is 96.9 Å². The van der Waals surface area contributed by atoms with Crippen LogP contribution < -0.4 is 5.73 Å². The lowest BCUT2D eigenvalue weighted by Crippen LogP contribution is -2.04. The lowest BCUT2D eigenvalue weighted by Gasteiger charge is -2.07. The van der Waals surface area contributed by atoms with E-state index in [1.807, 2.05) is 6.07 Å². The van der Waals surface area contributed by atoms with Crippen LogP contribution in [0, 0.1) is 13.8 Å². The molecule has 0 radical (unpaired) electrons. The Balaban J connectivity index is 0.00000225. The van der Waals surface area contributed by atoms with Crippen molar-refractivity contribution in [2.45, 2.75) is 20.3 Å². The summed E-state index contributed by atoms with van der Waals surface area (Å²) in [6.45, 7) is 4.87. The first-order valence-corrected chi connectivity index (χ1v) is 5.25. The molecule has 0 atom stereocenters. The fourth-order valence-electron chi connectivity index (χ4n) is 1.53. The van der Waals surface area contributed by atoms with E-state index in [4.69, 9.17) is 10.8 Å². The minimum absolute atomic E-state index is 0. The Morgan fingerprint density at radius 3 is 2.62 bits per heavy atom. The molecule has 0 unspecified atom stereocenters. The van der Waals surface area contributed by atoms with Crippen LogP contribution in [0.3, 0.4) is 0 Å². The molecule has 0 heterocycles. The average molecular weight is 223 g/mol. The van der Waals surface area contributed by atoms with Crippen LogP contribution in [0.5, 0.6) is 0 Å². The number of rotatable bonds is 4. The van der Waals surface area contributed by atoms with Gasteiger partial charge in [0.25, 0.3) is 0 Å². The maximum atomic E-state index is 8.87. The van der Waals surface area contributed by atoms with Gasteiger partial charge in [0.05, 0.1) is 0 Å². The highest BCUT2D eigenvalue weighted by molar-refractivity contribution is 5.58. The SMILES string of the molecule is Cc1cccc(C=C(CN)CCO)c1C.O. The molecule has 5 N–H and O–H groups in total. The van der Waals surface area contributed by atoms with E-state index in [0.29, 0.717) is 13.0 Å². The lowest BCUT2D eigenvalue weighted by molar-refractivity contribution is 0.299. The van der Waals surface area contributed by atoms with Gasteiger partial charge in [0, 0.05) is 13.2 Å². The van der Waals surface area contributed by atoms with Crippen LogP contribution in [0.2, 0.25) is 0 Å². The molecule has 0 saturated carbocycles. The van der Waals surface area contributed by atoms with Crippen molar-refractivity contribution in [1.29, 1.82) is 0 Å². The predicted octanol–water partition coefficient (Wildman–Crippen LogP) is 1.20. The summed E-state index contributed by atoms with van der Waals surface area (Å²) in [7, 11) is 0. The van der Waals surface area contributed by atoms with E-state index >= 15 is 0 Å². The van der Waals surface area contributed by atoms with E-state index in [9.17, 15) is 0 Å². The quantitative estimate of drug-likeness (QED) is 0.804. The van der Waals surface area contributed by atoms with Crippen molar-refractivity contribution in [3.63, 3.8) is 0 Å². The van der Waals surface area contributed by atoms with Gasteiger partial charge >= 0.3 is 0 Å². The predicted molar refractivity (Wildman–Crippen MR) is 68.3 cm³/mol. The molecule has 0 bridgehead atoms. The zero-order valence-corrected chi connectivity index (χ0v) is 9.96. The first-order valence-electron chi connectivity index (χ1n) is 5.25. The number of hydrogen-bond acceptors (Lipinski definition) is 2. The maximum absolute atomic E-state index is 8.87. The molecule has 0 aromatic heterocycles. The van der Waals surface area contributed by atoms with Crippen LogP contribution in [0.15, 0.2) is 23.8 Å². The average Bonchev–Trinajstić information content (AvgIpc) is 2.24. The van der Waals surface area contributed by atoms with Crippen molar-refractivity contribution >= 4 is 6.08 Å². The van der Waals surface area contributed by atoms with E-state index in [0.717, 1.165) is 5.57 Å². The van der Waals surface area contributed by atoms with Crippen molar-refractivity contribution in [2.24, 2.45) is 5.73 Å². The van der Waals surface area contributed by atoms with Crippen molar-refractivity contribution in [3.8, 4) is 0 Å². The first kappa shape index (κ1) is 14.8. The van der Waals surface area contributed by atoms with Gasteiger partial charge in [-0.15, -0.1) is 0 Å². The third kappa shape index (κ3) is 3.77. The van der Waals surface area contributed by atoms with Crippen molar-refractivity contribution in [3.05, 3.63) is 40.5 Å². The smallest absolute Gasteiger partial charge is 0.0468 e. The van der Waals surface area contributed by atoms with E-state index in [1.165, 1.54) is 16.7 Å². The second-order valence-electron chi connectivity index (χ2n) is 3.77. The highest BCUT2D eigenvalue weighted by atomic mass is 16.2. The van der Waals surface area contributed by atoms with Gasteiger partial charge in [-0.05, 0) is 37.0 Å². The Bertz CT molecular complexity index is 359. The molecular weight excluding hydrogens is 202 g/mol. The zero-order valence-electron chi connectivity index (χ0n) is 9.96. The van der Waals surface area contributed by atoms with Crippen LogP contribution in [0.4, 0.5) is 0 Å². The minimum atomic E-state index is 0. The third-order valence-electron chi connectivity index (χ3n) is 2.70. The number of hydrogen-bond donors (Lipinski definition) is 2. The van der Waals surface area contributed by atoms with Crippen LogP contribution in [-0.2, 0) is 0 Å². The molecule has 1 rings (SSSR count). The van der Waals surface area contributed by atoms with Gasteiger partial charge in [-0.2, -0.15) is 0 Å². The molecule has 0 aliphatic rings. The zero-order chi connectivity index (χ0) is 11.3. The minimum Gasteiger partial charge on any atom is -0.412 e. The molecule has 90 valence electrons. The monoisotopic (exact) mass is 223 g/mol. The Kier molecular flexibility index (Phi) is 6.65. The molecule has 0 fully saturated rings. The Hall–Kier alpha value is -1.16. The van der Waals surface area contributed by atoms with E-state index < -0.39 is 0 Å². The molecule has 16 heavy (non-hydrogen) atoms. The number of aliphatic hydroxyl groups is 1. The molecule has 0 aliphatic heterocycles. The van der Waals surface area contributed by atoms with Crippen molar-refractivity contribution in [1.82, 2.24) is 0 Å². The first-order chi connectivity index (χ1) is 7.19. The van der Waals surface area contributed by atoms with Crippen LogP contribution >= 0.6 is 0 Å². The Morgan fingerprint density at radius 1 is 1.38 bits per heavy atom. The second kappa shape index (κ2) is 7.17. The molecule has 1 aromatic carbocycles. The molecule has 1 aromatic rings. The van der Waals surface area contributed by atoms with Crippen LogP contribution in [0.25, 0.3) is 6.08 Å². The summed E-state index contributed by atoms with van der Waals surface area (Å²) in [5, 5.41) is 8.87. The third-order valence-corrected chi connectivity index (χ3v) is 2.70. The summed E-state index contributed by atoms with van der Waals surface area (Å²) in [6.07, 6.45) is 2.74. The standard InChI is InChI=1S/C13H19NO.H2O/c1-10-4-3-5-13(11(10)2)8-12(9-14)6-7-15;/h3-5,8,15H,6-7,9,14H2,1-2H3;1H2. The largest absolute Gasteiger partial charge is 0.412 e. The normalized spacial score (nSPS) is 11.1. The van der Waals surface area contributed by atoms with Gasteiger partial charge in [-0.3, -0.25) is 0 Å². The highest BCUT2D eigenvalue weighted by Crippen LogP contribution is 2.16. The molecule has 0 saturated heterocycles. The molecule has 0 spiro atoms. The van der Waals surface area contributed by atoms with Gasteiger partial charge in [0.15, 0.2) is 0 Å². The second-order valence-corrected chi connectivity index (χ2v) is 3.77. The van der Waals surface area contributed by atoms with Gasteiger partial charge in [0.2, 0.25) is 0 Å². The van der Waals surface area contributed by atoms with Crippen LogP contribution in [-0.4, -0.2) is 23.7 Å². The molecular formula is C13H21NO2. The van der Waals surface area contributed by atoms with Gasteiger partial charge in [-0.1, -0.05) is 29.8 Å². The molecule has 0 amide bonds. The number of nitrogens with two attached hydrogens (primary N) is 1.